The zero-order chi connectivity index (χ0) is 33.6. The van der Waals surface area contributed by atoms with Crippen LogP contribution in [0.4, 0.5) is 65.9 Å². The normalized spacial score (nSPS) is 10.8. The fourth-order valence-electron chi connectivity index (χ4n) is 1.45. The summed E-state index contributed by atoms with van der Waals surface area (Å²) < 4.78 is 187. The summed E-state index contributed by atoms with van der Waals surface area (Å²) in [6.07, 6.45) is -2.92. The first-order chi connectivity index (χ1) is 18.3. The van der Waals surface area contributed by atoms with Crippen LogP contribution < -0.4 is 11.5 Å². The van der Waals surface area contributed by atoms with Crippen LogP contribution in [0.15, 0.2) is 0 Å². The first-order valence-electron chi connectivity index (χ1n) is 9.30. The summed E-state index contributed by atoms with van der Waals surface area (Å²) in [6.45, 7) is 3.45. The topological polar surface area (TPSA) is 84.3 Å². The van der Waals surface area contributed by atoms with Gasteiger partial charge in [-0.3, -0.25) is 0 Å². The number of aliphatic carboxylic acids is 1. The van der Waals surface area contributed by atoms with E-state index >= 15 is 0 Å². The molecule has 0 aliphatic heterocycles. The first-order valence-corrected chi connectivity index (χ1v) is 9.30. The molecule has 0 unspecified atom stereocenters. The van der Waals surface area contributed by atoms with Crippen molar-refractivity contribution in [1.82, 2.24) is 11.5 Å². The molecular formula is C24H39F15N2O2. The number of alkyl halides is 15. The van der Waals surface area contributed by atoms with Gasteiger partial charge in [0.15, 0.2) is 0 Å². The Morgan fingerprint density at radius 3 is 1.28 bits per heavy atom. The Morgan fingerprint density at radius 2 is 0.977 bits per heavy atom. The maximum absolute atomic E-state index is 12.8. The number of carbonyl (C=O) groups is 1. The van der Waals surface area contributed by atoms with Crippen molar-refractivity contribution >= 4 is 5.97 Å². The predicted octanol–water partition coefficient (Wildman–Crippen LogP) is 8.54. The van der Waals surface area contributed by atoms with Gasteiger partial charge >= 0.3 is 47.7 Å². The molecule has 0 bridgehead atoms. The molecule has 0 aromatic carbocycles. The Kier molecular flexibility index (Phi) is 20.4. The SMILES string of the molecule is C.C#CC#CC#CC.CC#CC#CC#CNC.N.O=C(O)C(F)(F)C(F)(F)C(F)(F)C(F)(F)C(F)(F)C(F)(F)C(F)(F)F.[2HH].[HH].[HH].[HH].[HH].[HH].[HH].[HH].[HH].[HH]. The second-order valence-corrected chi connectivity index (χ2v) is 6.14. The third-order valence-corrected chi connectivity index (χ3v) is 3.42. The van der Waals surface area contributed by atoms with Gasteiger partial charge in [-0.05, 0) is 49.4 Å². The number of hydrogen-bond donors (Lipinski definition) is 3. The lowest BCUT2D eigenvalue weighted by Gasteiger charge is -2.40. The minimum absolute atomic E-state index is 0. The molecule has 0 aliphatic rings. The molecule has 0 saturated carbocycles. The van der Waals surface area contributed by atoms with Crippen LogP contribution in [0.1, 0.15) is 35.5 Å². The van der Waals surface area contributed by atoms with Crippen molar-refractivity contribution in [2.75, 3.05) is 7.05 Å². The highest BCUT2D eigenvalue weighted by Crippen LogP contribution is 2.62. The van der Waals surface area contributed by atoms with Crippen LogP contribution in [0.5, 0.6) is 0 Å². The van der Waals surface area contributed by atoms with Crippen LogP contribution in [-0.4, -0.2) is 59.8 Å². The Hall–Kier alpha value is -4.46. The van der Waals surface area contributed by atoms with Gasteiger partial charge < -0.3 is 16.6 Å². The molecule has 0 aromatic heterocycles. The van der Waals surface area contributed by atoms with Gasteiger partial charge in [-0.2, -0.15) is 65.9 Å². The molecule has 262 valence electrons. The Labute approximate surface area is 250 Å². The van der Waals surface area contributed by atoms with Crippen molar-refractivity contribution in [2.45, 2.75) is 63.0 Å². The smallest absolute Gasteiger partial charge is 0.460 e. The largest absolute Gasteiger partial charge is 0.477 e. The van der Waals surface area contributed by atoms with Crippen LogP contribution in [0, 0.1) is 71.7 Å². The second kappa shape index (κ2) is 18.2. The average Bonchev–Trinajstić information content (AvgIpc) is 2.83. The van der Waals surface area contributed by atoms with E-state index < -0.39 is 47.7 Å². The number of carboxylic acid groups (broad SMARTS) is 1. The average molecular weight is 674 g/mol. The van der Waals surface area contributed by atoms with Crippen LogP contribution >= 0.6 is 0 Å². The number of halogens is 15. The lowest BCUT2D eigenvalue weighted by atomic mass is 9.91. The van der Waals surface area contributed by atoms with Crippen molar-refractivity contribution in [3.63, 3.8) is 0 Å². The molecule has 0 saturated heterocycles. The van der Waals surface area contributed by atoms with Gasteiger partial charge in [-0.15, -0.1) is 6.42 Å². The quantitative estimate of drug-likeness (QED) is 0.150. The highest BCUT2D eigenvalue weighted by molar-refractivity contribution is 5.77. The molecule has 19 heteroatoms. The molecule has 43 heavy (non-hydrogen) atoms. The molecule has 0 rings (SSSR count). The van der Waals surface area contributed by atoms with E-state index in [2.05, 4.69) is 70.6 Å². The standard InChI is InChI=1S/C8HF15O2.C8H7N.C7H4.CH4.H3N.10H2/c9-2(10,1(24)25)3(11,12)4(13,14)5(15,16)6(17,18)7(19,20)8(21,22)23;1-3-4-5-6-7-8-9-2;1-3-5-7-6-4-2;;;;;;;;;;;;/h(H,24,25);9H,1-2H3;1H,2H3;1H4;1H3;10*1H/i;;;;;1+1;;;;;;;;;. The summed E-state index contributed by atoms with van der Waals surface area (Å²) in [6, 6.07) is 2.57. The van der Waals surface area contributed by atoms with E-state index in [1.807, 2.05) is 0 Å². The fraction of sp³-hybridized carbons (Fsp3) is 0.458. The van der Waals surface area contributed by atoms with Gasteiger partial charge in [0.25, 0.3) is 0 Å². The monoisotopic (exact) mass is 673 g/mol. The lowest BCUT2D eigenvalue weighted by Crippen LogP contribution is -2.73. The van der Waals surface area contributed by atoms with Crippen LogP contribution in [0.25, 0.3) is 0 Å². The van der Waals surface area contributed by atoms with E-state index in [0.717, 1.165) is 0 Å². The van der Waals surface area contributed by atoms with Crippen molar-refractivity contribution in [2.24, 2.45) is 0 Å². The van der Waals surface area contributed by atoms with Gasteiger partial charge in [0.2, 0.25) is 0 Å². The van der Waals surface area contributed by atoms with Crippen LogP contribution in [0.2, 0.25) is 0 Å². The summed E-state index contributed by atoms with van der Waals surface area (Å²) >= 11 is 0. The van der Waals surface area contributed by atoms with Crippen molar-refractivity contribution < 1.29 is 90.0 Å². The summed E-state index contributed by atoms with van der Waals surface area (Å²) in [5.41, 5.74) is 0. The van der Waals surface area contributed by atoms with E-state index in [-0.39, 0.29) is 27.8 Å². The van der Waals surface area contributed by atoms with Crippen molar-refractivity contribution in [3.05, 3.63) is 0 Å². The van der Waals surface area contributed by atoms with E-state index in [9.17, 15) is 70.7 Å². The molecule has 0 radical (unpaired) electrons. The Morgan fingerprint density at radius 1 is 0.651 bits per heavy atom. The highest BCUT2D eigenvalue weighted by atomic mass is 19.4. The summed E-state index contributed by atoms with van der Waals surface area (Å²) in [4.78, 5) is 9.72. The highest BCUT2D eigenvalue weighted by Gasteiger charge is 2.94. The molecule has 0 aromatic rings. The number of nitrogens with one attached hydrogen (secondary N) is 1. The van der Waals surface area contributed by atoms with Crippen LogP contribution in [-0.2, 0) is 4.79 Å². The van der Waals surface area contributed by atoms with E-state index in [1.165, 1.54) is 0 Å². The van der Waals surface area contributed by atoms with Gasteiger partial charge in [-0.1, -0.05) is 19.3 Å². The molecule has 0 heterocycles. The van der Waals surface area contributed by atoms with Gasteiger partial charge in [0.05, 0.1) is 0 Å². The van der Waals surface area contributed by atoms with Crippen LogP contribution in [0.3, 0.4) is 0 Å². The number of terminal acetylenes is 1. The maximum atomic E-state index is 12.8. The van der Waals surface area contributed by atoms with E-state index in [1.54, 1.807) is 20.9 Å². The summed E-state index contributed by atoms with van der Waals surface area (Å²) in [5, 5.41) is 10.2. The zero-order valence-corrected chi connectivity index (χ0v) is 20.8. The van der Waals surface area contributed by atoms with Gasteiger partial charge in [0, 0.05) is 39.2 Å². The fourth-order valence-corrected chi connectivity index (χ4v) is 1.45. The lowest BCUT2D eigenvalue weighted by molar-refractivity contribution is -0.450. The zero-order valence-electron chi connectivity index (χ0n) is 20.8. The minimum atomic E-state index is -8.47. The summed E-state index contributed by atoms with van der Waals surface area (Å²) in [7, 11) is 1.74. The van der Waals surface area contributed by atoms with Gasteiger partial charge in [-0.25, -0.2) is 4.79 Å². The molecule has 0 spiro atoms. The predicted molar refractivity (Wildman–Crippen MR) is 144 cm³/mol. The van der Waals surface area contributed by atoms with Gasteiger partial charge in [0.1, 0.15) is 0 Å². The molecule has 0 atom stereocenters. The number of rotatable bonds is 6. The molecular weight excluding hydrogens is 633 g/mol. The Bertz CT molecular complexity index is 1310. The molecule has 0 amide bonds. The maximum Gasteiger partial charge on any atom is 0.460 e. The van der Waals surface area contributed by atoms with Crippen molar-refractivity contribution in [3.8, 4) is 71.7 Å². The summed E-state index contributed by atoms with van der Waals surface area (Å²) in [5.74, 6) is -28.0. The second-order valence-electron chi connectivity index (χ2n) is 6.14. The third kappa shape index (κ3) is 11.0. The van der Waals surface area contributed by atoms with E-state index in [4.69, 9.17) is 11.5 Å². The third-order valence-electron chi connectivity index (χ3n) is 3.42. The minimum Gasteiger partial charge on any atom is -0.477 e. The first kappa shape index (κ1) is 48.3. The van der Waals surface area contributed by atoms with E-state index in [0.29, 0.717) is 0 Å². The number of carboxylic acids is 1. The molecule has 4 nitrogen and oxygen atoms in total. The number of hydrogen-bond acceptors (Lipinski definition) is 3. The Balaban J connectivity index is -0.0000000342. The van der Waals surface area contributed by atoms with Crippen molar-refractivity contribution in [1.29, 1.82) is 0 Å². The molecule has 0 aliphatic carbocycles. The molecule has 0 fully saturated rings. The molecule has 5 N–H and O–H groups in total.